The van der Waals surface area contributed by atoms with Gasteiger partial charge in [-0.05, 0) is 6.07 Å². The Labute approximate surface area is 99.3 Å². The van der Waals surface area contributed by atoms with Gasteiger partial charge in [0.15, 0.2) is 0 Å². The molecule has 0 atom stereocenters. The fourth-order valence-corrected chi connectivity index (χ4v) is 1.62. The van der Waals surface area contributed by atoms with Crippen LogP contribution in [0.5, 0.6) is 11.6 Å². The van der Waals surface area contributed by atoms with Crippen molar-refractivity contribution in [3.05, 3.63) is 18.3 Å². The minimum Gasteiger partial charge on any atom is -0.512 e. The number of rotatable bonds is 4. The van der Waals surface area contributed by atoms with Gasteiger partial charge in [0.25, 0.3) is 0 Å². The molecule has 6 nitrogen and oxygen atoms in total. The molecule has 0 bridgehead atoms. The first-order chi connectivity index (χ1) is 8.24. The molecular formula is C10H14BNO5. The van der Waals surface area contributed by atoms with E-state index in [-0.39, 0.29) is 6.10 Å². The van der Waals surface area contributed by atoms with Crippen LogP contribution in [0.4, 0.5) is 0 Å². The number of ether oxygens (including phenoxy) is 2. The van der Waals surface area contributed by atoms with E-state index < -0.39 is 7.32 Å². The van der Waals surface area contributed by atoms with E-state index in [9.17, 15) is 0 Å². The van der Waals surface area contributed by atoms with Gasteiger partial charge < -0.3 is 24.2 Å². The Bertz CT molecular complexity index is 356. The molecule has 0 amide bonds. The minimum absolute atomic E-state index is 0.0885. The second kappa shape index (κ2) is 5.86. The molecule has 92 valence electrons. The number of aromatic nitrogens is 1. The molecule has 0 saturated carbocycles. The zero-order valence-corrected chi connectivity index (χ0v) is 9.28. The summed E-state index contributed by atoms with van der Waals surface area (Å²) in [4.78, 5) is 4.03. The molecule has 7 heteroatoms. The van der Waals surface area contributed by atoms with Gasteiger partial charge >= 0.3 is 7.32 Å². The molecular weight excluding hydrogens is 225 g/mol. The lowest BCUT2D eigenvalue weighted by molar-refractivity contribution is 0.0237. The minimum atomic E-state index is -1.84. The van der Waals surface area contributed by atoms with Gasteiger partial charge in [-0.15, -0.1) is 0 Å². The van der Waals surface area contributed by atoms with Crippen molar-refractivity contribution < 1.29 is 24.2 Å². The lowest BCUT2D eigenvalue weighted by atomic mass is 10.1. The highest BCUT2D eigenvalue weighted by molar-refractivity contribution is 6.33. The first kappa shape index (κ1) is 12.2. The van der Waals surface area contributed by atoms with Crippen LogP contribution >= 0.6 is 0 Å². The molecule has 2 N–H and O–H groups in total. The van der Waals surface area contributed by atoms with E-state index in [4.69, 9.17) is 24.2 Å². The van der Waals surface area contributed by atoms with Crippen LogP contribution in [0.3, 0.4) is 0 Å². The number of pyridine rings is 1. The largest absolute Gasteiger partial charge is 0.707 e. The topological polar surface area (TPSA) is 81.0 Å². The van der Waals surface area contributed by atoms with Crippen LogP contribution in [0.1, 0.15) is 12.8 Å². The van der Waals surface area contributed by atoms with Crippen LogP contribution in [0, 0.1) is 0 Å². The average Bonchev–Trinajstić information content (AvgIpc) is 2.30. The van der Waals surface area contributed by atoms with Crippen LogP contribution in [0.2, 0.25) is 0 Å². The van der Waals surface area contributed by atoms with Gasteiger partial charge in [0.2, 0.25) is 5.88 Å². The fourth-order valence-electron chi connectivity index (χ4n) is 1.62. The van der Waals surface area contributed by atoms with Gasteiger partial charge in [-0.3, -0.25) is 0 Å². The normalized spacial score (nSPS) is 16.6. The third-order valence-electron chi connectivity index (χ3n) is 2.40. The van der Waals surface area contributed by atoms with Crippen LogP contribution in [-0.2, 0) is 4.74 Å². The predicted molar refractivity (Wildman–Crippen MR) is 59.5 cm³/mol. The maximum Gasteiger partial charge on any atom is 0.707 e. The van der Waals surface area contributed by atoms with Crippen LogP contribution in [0.15, 0.2) is 18.3 Å². The van der Waals surface area contributed by atoms with E-state index in [1.807, 2.05) is 0 Å². The Balaban J connectivity index is 1.95. The predicted octanol–water partition coefficient (Wildman–Crippen LogP) is -0.0123. The standard InChI is InChI=1S/C10H14BNO5/c13-11(14)17-9-1-4-12-10(7-9)16-8-2-5-15-6-3-8/h1,4,7-8,13-14H,2-3,5-6H2. The van der Waals surface area contributed by atoms with E-state index in [0.717, 1.165) is 12.8 Å². The summed E-state index contributed by atoms with van der Waals surface area (Å²) in [6.45, 7) is 1.38. The average molecular weight is 239 g/mol. The van der Waals surface area contributed by atoms with Crippen molar-refractivity contribution in [2.75, 3.05) is 13.2 Å². The smallest absolute Gasteiger partial charge is 0.512 e. The SMILES string of the molecule is OB(O)Oc1ccnc(OC2CCOCC2)c1. The van der Waals surface area contributed by atoms with E-state index in [1.165, 1.54) is 18.3 Å². The summed E-state index contributed by atoms with van der Waals surface area (Å²) < 4.78 is 15.6. The summed E-state index contributed by atoms with van der Waals surface area (Å²) in [5.74, 6) is 0.715. The summed E-state index contributed by atoms with van der Waals surface area (Å²) in [7, 11) is -1.84. The molecule has 1 aromatic rings. The van der Waals surface area contributed by atoms with Crippen molar-refractivity contribution in [2.45, 2.75) is 18.9 Å². The molecule has 0 unspecified atom stereocenters. The third-order valence-corrected chi connectivity index (χ3v) is 2.40. The summed E-state index contributed by atoms with van der Waals surface area (Å²) in [6.07, 6.45) is 3.24. The van der Waals surface area contributed by atoms with Crippen molar-refractivity contribution in [2.24, 2.45) is 0 Å². The number of hydrogen-bond donors (Lipinski definition) is 2. The summed E-state index contributed by atoms with van der Waals surface area (Å²) in [5.41, 5.74) is 0. The first-order valence-corrected chi connectivity index (χ1v) is 5.47. The maximum atomic E-state index is 8.67. The second-order valence-electron chi connectivity index (χ2n) is 3.70. The van der Waals surface area contributed by atoms with Crippen molar-refractivity contribution >= 4 is 7.32 Å². The molecule has 0 radical (unpaired) electrons. The fraction of sp³-hybridized carbons (Fsp3) is 0.500. The molecule has 0 aliphatic carbocycles. The van der Waals surface area contributed by atoms with Crippen LogP contribution < -0.4 is 9.39 Å². The van der Waals surface area contributed by atoms with E-state index in [0.29, 0.717) is 24.8 Å². The Hall–Kier alpha value is -1.31. The van der Waals surface area contributed by atoms with E-state index >= 15 is 0 Å². The highest BCUT2D eigenvalue weighted by atomic mass is 16.6. The monoisotopic (exact) mass is 239 g/mol. The molecule has 1 aromatic heterocycles. The van der Waals surface area contributed by atoms with Gasteiger partial charge in [-0.25, -0.2) is 4.98 Å². The Morgan fingerprint density at radius 2 is 2.12 bits per heavy atom. The number of nitrogens with zero attached hydrogens (tertiary/aromatic N) is 1. The molecule has 1 aliphatic rings. The molecule has 1 aliphatic heterocycles. The lowest BCUT2D eigenvalue weighted by Crippen LogP contribution is -2.26. The van der Waals surface area contributed by atoms with Crippen molar-refractivity contribution in [3.63, 3.8) is 0 Å². The molecule has 1 saturated heterocycles. The van der Waals surface area contributed by atoms with Crippen LogP contribution in [-0.4, -0.2) is 41.7 Å². The van der Waals surface area contributed by atoms with Crippen molar-refractivity contribution in [1.29, 1.82) is 0 Å². The molecule has 2 rings (SSSR count). The van der Waals surface area contributed by atoms with Gasteiger partial charge in [0, 0.05) is 25.1 Å². The summed E-state index contributed by atoms with van der Waals surface area (Å²) in [5, 5.41) is 17.3. The Kier molecular flexibility index (Phi) is 4.19. The Morgan fingerprint density at radius 3 is 2.82 bits per heavy atom. The van der Waals surface area contributed by atoms with Gasteiger partial charge in [0.1, 0.15) is 11.9 Å². The highest BCUT2D eigenvalue weighted by Gasteiger charge is 2.17. The quantitative estimate of drug-likeness (QED) is 0.719. The summed E-state index contributed by atoms with van der Waals surface area (Å²) >= 11 is 0. The van der Waals surface area contributed by atoms with Crippen molar-refractivity contribution in [3.8, 4) is 11.6 Å². The summed E-state index contributed by atoms with van der Waals surface area (Å²) in [6, 6.07) is 3.05. The van der Waals surface area contributed by atoms with E-state index in [1.54, 1.807) is 0 Å². The molecule has 1 fully saturated rings. The second-order valence-corrected chi connectivity index (χ2v) is 3.70. The van der Waals surface area contributed by atoms with E-state index in [2.05, 4.69) is 4.98 Å². The van der Waals surface area contributed by atoms with Crippen molar-refractivity contribution in [1.82, 2.24) is 4.98 Å². The highest BCUT2D eigenvalue weighted by Crippen LogP contribution is 2.20. The molecule has 0 aromatic carbocycles. The maximum absolute atomic E-state index is 8.67. The van der Waals surface area contributed by atoms with Crippen LogP contribution in [0.25, 0.3) is 0 Å². The zero-order valence-electron chi connectivity index (χ0n) is 9.28. The lowest BCUT2D eigenvalue weighted by Gasteiger charge is -2.22. The van der Waals surface area contributed by atoms with Gasteiger partial charge in [-0.2, -0.15) is 0 Å². The third kappa shape index (κ3) is 3.88. The zero-order chi connectivity index (χ0) is 12.1. The molecule has 2 heterocycles. The van der Waals surface area contributed by atoms with Gasteiger partial charge in [-0.1, -0.05) is 0 Å². The molecule has 17 heavy (non-hydrogen) atoms. The molecule has 0 spiro atoms. The Morgan fingerprint density at radius 1 is 1.35 bits per heavy atom. The van der Waals surface area contributed by atoms with Gasteiger partial charge in [0.05, 0.1) is 13.2 Å². The first-order valence-electron chi connectivity index (χ1n) is 5.47. The number of hydrogen-bond acceptors (Lipinski definition) is 6.